The van der Waals surface area contributed by atoms with E-state index in [-0.39, 0.29) is 31.3 Å². The number of anilines is 1. The van der Waals surface area contributed by atoms with E-state index in [1.165, 1.54) is 29.8 Å². The Kier molecular flexibility index (Phi) is 7.74. The number of aromatic nitrogens is 2. The number of hydrogen-bond donors (Lipinski definition) is 1. The highest BCUT2D eigenvalue weighted by molar-refractivity contribution is 7.87. The van der Waals surface area contributed by atoms with Gasteiger partial charge < -0.3 is 14.4 Å². The zero-order valence-electron chi connectivity index (χ0n) is 21.7. The highest BCUT2D eigenvalue weighted by atomic mass is 32.2. The second-order valence-corrected chi connectivity index (χ2v) is 11.5. The molecule has 13 heteroatoms. The SMILES string of the molecule is CCN(C)S(=O)(=O)NC(=O)c1cnc2ccc(N3C[C@@H](F)C[C@@H]3c3cc(F)ccc3OC3CCOCC3)cn12. The number of carbonyl (C=O) groups is 1. The largest absolute Gasteiger partial charge is 0.490 e. The van der Waals surface area contributed by atoms with Crippen molar-refractivity contribution in [3.8, 4) is 5.75 Å². The molecule has 0 bridgehead atoms. The smallest absolute Gasteiger partial charge is 0.303 e. The van der Waals surface area contributed by atoms with Gasteiger partial charge in [-0.15, -0.1) is 0 Å². The molecule has 39 heavy (non-hydrogen) atoms. The molecule has 2 aromatic heterocycles. The third-order valence-electron chi connectivity index (χ3n) is 7.17. The molecule has 0 saturated carbocycles. The molecule has 0 aliphatic carbocycles. The van der Waals surface area contributed by atoms with Crippen LogP contribution >= 0.6 is 0 Å². The molecule has 0 radical (unpaired) electrons. The highest BCUT2D eigenvalue weighted by Gasteiger charge is 2.36. The molecule has 1 N–H and O–H groups in total. The van der Waals surface area contributed by atoms with Gasteiger partial charge in [0.25, 0.3) is 5.91 Å². The predicted octanol–water partition coefficient (Wildman–Crippen LogP) is 3.25. The summed E-state index contributed by atoms with van der Waals surface area (Å²) < 4.78 is 70.2. The number of pyridine rings is 1. The van der Waals surface area contributed by atoms with Crippen LogP contribution in [0.15, 0.2) is 42.7 Å². The van der Waals surface area contributed by atoms with Crippen LogP contribution in [-0.2, 0) is 14.9 Å². The van der Waals surface area contributed by atoms with Crippen molar-refractivity contribution in [3.63, 3.8) is 0 Å². The van der Waals surface area contributed by atoms with Crippen LogP contribution in [0.3, 0.4) is 0 Å². The van der Waals surface area contributed by atoms with Crippen LogP contribution in [0.5, 0.6) is 5.75 Å². The molecule has 0 spiro atoms. The van der Waals surface area contributed by atoms with E-state index >= 15 is 0 Å². The number of ether oxygens (including phenoxy) is 2. The number of rotatable bonds is 8. The van der Waals surface area contributed by atoms with Crippen LogP contribution < -0.4 is 14.4 Å². The Balaban J connectivity index is 1.47. The first-order valence-corrected chi connectivity index (χ1v) is 14.3. The number of carbonyl (C=O) groups excluding carboxylic acids is 1. The second kappa shape index (κ2) is 11.1. The molecule has 3 aromatic rings. The summed E-state index contributed by atoms with van der Waals surface area (Å²) in [4.78, 5) is 18.9. The van der Waals surface area contributed by atoms with E-state index in [4.69, 9.17) is 9.47 Å². The Morgan fingerprint density at radius 2 is 2.03 bits per heavy atom. The average Bonchev–Trinajstić information content (AvgIpc) is 3.52. The van der Waals surface area contributed by atoms with Gasteiger partial charge in [0.2, 0.25) is 0 Å². The summed E-state index contributed by atoms with van der Waals surface area (Å²) >= 11 is 0. The standard InChI is InChI=1S/C26H31F2N5O5S/c1-3-31(2)39(35,36)30-26(34)23-14-29-25-7-5-19(16-33(23)25)32-15-18(28)13-22(32)21-12-17(27)4-6-24(21)38-20-8-10-37-11-9-20/h4-7,12,14,16,18,20,22H,3,8-11,13,15H2,1-2H3,(H,30,34)/t18-,22+/m0/s1. The normalized spacial score (nSPS) is 20.6. The van der Waals surface area contributed by atoms with Crippen LogP contribution in [0.4, 0.5) is 14.5 Å². The van der Waals surface area contributed by atoms with Crippen molar-refractivity contribution >= 4 is 27.5 Å². The lowest BCUT2D eigenvalue weighted by Gasteiger charge is -2.30. The van der Waals surface area contributed by atoms with Crippen LogP contribution in [0.25, 0.3) is 5.65 Å². The molecule has 210 valence electrons. The predicted molar refractivity (Wildman–Crippen MR) is 140 cm³/mol. The van der Waals surface area contributed by atoms with E-state index < -0.39 is 34.1 Å². The molecule has 1 aromatic carbocycles. The lowest BCUT2D eigenvalue weighted by atomic mass is 10.0. The van der Waals surface area contributed by atoms with E-state index in [1.807, 2.05) is 4.72 Å². The van der Waals surface area contributed by atoms with Crippen molar-refractivity contribution in [3.05, 3.63) is 59.8 Å². The van der Waals surface area contributed by atoms with Crippen molar-refractivity contribution in [2.45, 2.75) is 44.5 Å². The Morgan fingerprint density at radius 1 is 1.26 bits per heavy atom. The first-order chi connectivity index (χ1) is 18.7. The zero-order chi connectivity index (χ0) is 27.7. The molecular formula is C26H31F2N5O5S. The minimum Gasteiger partial charge on any atom is -0.490 e. The van der Waals surface area contributed by atoms with Crippen LogP contribution in [-0.4, -0.2) is 73.6 Å². The van der Waals surface area contributed by atoms with Crippen molar-refractivity contribution in [1.82, 2.24) is 18.4 Å². The summed E-state index contributed by atoms with van der Waals surface area (Å²) in [5.41, 5.74) is 1.52. The first kappa shape index (κ1) is 27.3. The molecule has 2 aliphatic heterocycles. The molecule has 2 fully saturated rings. The van der Waals surface area contributed by atoms with Gasteiger partial charge in [-0.25, -0.2) is 18.5 Å². The molecular weight excluding hydrogens is 532 g/mol. The number of amides is 1. The maximum absolute atomic E-state index is 14.9. The molecule has 2 atom stereocenters. The zero-order valence-corrected chi connectivity index (χ0v) is 22.5. The molecule has 2 aliphatic rings. The van der Waals surface area contributed by atoms with E-state index in [0.29, 0.717) is 48.7 Å². The lowest BCUT2D eigenvalue weighted by molar-refractivity contribution is 0.0250. The minimum atomic E-state index is -4.03. The number of halogens is 2. The lowest BCUT2D eigenvalue weighted by Crippen LogP contribution is -2.41. The summed E-state index contributed by atoms with van der Waals surface area (Å²) in [7, 11) is -2.67. The Bertz CT molecular complexity index is 1460. The molecule has 2 saturated heterocycles. The summed E-state index contributed by atoms with van der Waals surface area (Å²) in [6.45, 7) is 3.05. The fourth-order valence-electron chi connectivity index (χ4n) is 4.95. The third-order valence-corrected chi connectivity index (χ3v) is 8.70. The maximum Gasteiger partial charge on any atom is 0.303 e. The van der Waals surface area contributed by atoms with Gasteiger partial charge in [0.1, 0.15) is 35.2 Å². The summed E-state index contributed by atoms with van der Waals surface area (Å²) in [5, 5.41) is 0. The summed E-state index contributed by atoms with van der Waals surface area (Å²) in [5.74, 6) is -0.797. The van der Waals surface area contributed by atoms with Crippen LogP contribution in [0.2, 0.25) is 0 Å². The number of hydrogen-bond acceptors (Lipinski definition) is 7. The fourth-order valence-corrected chi connectivity index (χ4v) is 5.78. The maximum atomic E-state index is 14.9. The van der Waals surface area contributed by atoms with Gasteiger partial charge in [0.15, 0.2) is 0 Å². The fraction of sp³-hybridized carbons (Fsp3) is 0.462. The number of nitrogens with one attached hydrogen (secondary N) is 1. The average molecular weight is 564 g/mol. The molecule has 10 nitrogen and oxygen atoms in total. The van der Waals surface area contributed by atoms with E-state index in [9.17, 15) is 22.0 Å². The summed E-state index contributed by atoms with van der Waals surface area (Å²) in [6.07, 6.45) is 3.19. The van der Waals surface area contributed by atoms with Crippen LogP contribution in [0, 0.1) is 5.82 Å². The van der Waals surface area contributed by atoms with Gasteiger partial charge in [-0.05, 0) is 30.3 Å². The third kappa shape index (κ3) is 5.70. The highest BCUT2D eigenvalue weighted by Crippen LogP contribution is 2.42. The molecule has 4 heterocycles. The molecule has 0 unspecified atom stereocenters. The quantitative estimate of drug-likeness (QED) is 0.449. The van der Waals surface area contributed by atoms with Crippen molar-refractivity contribution in [2.24, 2.45) is 0 Å². The van der Waals surface area contributed by atoms with Gasteiger partial charge >= 0.3 is 10.2 Å². The minimum absolute atomic E-state index is 0.00164. The Labute approximate surface area is 225 Å². The van der Waals surface area contributed by atoms with Gasteiger partial charge in [-0.2, -0.15) is 12.7 Å². The number of alkyl halides is 1. The number of nitrogens with zero attached hydrogens (tertiary/aromatic N) is 4. The monoisotopic (exact) mass is 563 g/mol. The molecule has 5 rings (SSSR count). The number of benzene rings is 1. The summed E-state index contributed by atoms with van der Waals surface area (Å²) in [6, 6.07) is 7.17. The van der Waals surface area contributed by atoms with Gasteiger partial charge in [-0.1, -0.05) is 6.92 Å². The van der Waals surface area contributed by atoms with Gasteiger partial charge in [0, 0.05) is 51.2 Å². The van der Waals surface area contributed by atoms with Crippen molar-refractivity contribution in [2.75, 3.05) is 38.3 Å². The van der Waals surface area contributed by atoms with E-state index in [2.05, 4.69) is 4.98 Å². The van der Waals surface area contributed by atoms with Gasteiger partial charge in [-0.3, -0.25) is 9.20 Å². The van der Waals surface area contributed by atoms with Crippen molar-refractivity contribution < 1.29 is 31.5 Å². The Morgan fingerprint density at radius 3 is 2.77 bits per heavy atom. The first-order valence-electron chi connectivity index (χ1n) is 12.9. The van der Waals surface area contributed by atoms with E-state index in [1.54, 1.807) is 36.2 Å². The van der Waals surface area contributed by atoms with Crippen molar-refractivity contribution in [1.29, 1.82) is 0 Å². The molecule has 1 amide bonds. The Hall–Kier alpha value is -3.29. The topological polar surface area (TPSA) is 105 Å². The van der Waals surface area contributed by atoms with E-state index in [0.717, 1.165) is 4.31 Å². The van der Waals surface area contributed by atoms with Gasteiger partial charge in [0.05, 0.1) is 31.1 Å². The second-order valence-electron chi connectivity index (χ2n) is 9.72. The van der Waals surface area contributed by atoms with Crippen LogP contribution in [0.1, 0.15) is 48.3 Å². The number of imidazole rings is 1. The number of fused-ring (bicyclic) bond motifs is 1.